The molecule has 0 spiro atoms. The highest BCUT2D eigenvalue weighted by Gasteiger charge is 2.15. The number of aromatic nitrogens is 2. The van der Waals surface area contributed by atoms with Crippen molar-refractivity contribution >= 4 is 0 Å². The Kier molecular flexibility index (Phi) is 4.49. The molecule has 2 rings (SSSR count). The smallest absolute Gasteiger partial charge is 0.115 e. The molecule has 2 N–H and O–H groups in total. The van der Waals surface area contributed by atoms with E-state index < -0.39 is 0 Å². The Morgan fingerprint density at radius 1 is 1.24 bits per heavy atom. The summed E-state index contributed by atoms with van der Waals surface area (Å²) >= 11 is 0. The fourth-order valence-corrected chi connectivity index (χ4v) is 2.66. The maximum absolute atomic E-state index is 6.13. The van der Waals surface area contributed by atoms with Gasteiger partial charge in [-0.1, -0.05) is 19.8 Å². The highest BCUT2D eigenvalue weighted by atomic mass is 14.8. The van der Waals surface area contributed by atoms with Crippen LogP contribution in [-0.4, -0.2) is 16.0 Å². The molecule has 1 aromatic rings. The molecule has 0 amide bonds. The molecule has 3 nitrogen and oxygen atoms in total. The average Bonchev–Trinajstić information content (AvgIpc) is 2.55. The predicted molar refractivity (Wildman–Crippen MR) is 69.9 cm³/mol. The van der Waals surface area contributed by atoms with E-state index >= 15 is 0 Å². The monoisotopic (exact) mass is 233 g/mol. The van der Waals surface area contributed by atoms with E-state index in [2.05, 4.69) is 16.9 Å². The van der Waals surface area contributed by atoms with Crippen LogP contribution in [0.4, 0.5) is 0 Å². The van der Waals surface area contributed by atoms with Gasteiger partial charge in [0.2, 0.25) is 0 Å². The fraction of sp³-hybridized carbons (Fsp3) is 0.714. The minimum atomic E-state index is 0.252. The molecule has 1 heterocycles. The van der Waals surface area contributed by atoms with Gasteiger partial charge in [0.1, 0.15) is 6.33 Å². The topological polar surface area (TPSA) is 51.8 Å². The van der Waals surface area contributed by atoms with Crippen LogP contribution in [0, 0.1) is 0 Å². The normalized spacial score (nSPS) is 17.3. The van der Waals surface area contributed by atoms with Crippen molar-refractivity contribution in [3.05, 3.63) is 23.3 Å². The van der Waals surface area contributed by atoms with Crippen molar-refractivity contribution in [2.24, 2.45) is 5.73 Å². The fourth-order valence-electron chi connectivity index (χ4n) is 2.66. The molecule has 0 aliphatic heterocycles. The second-order valence-electron chi connectivity index (χ2n) is 5.06. The first kappa shape index (κ1) is 12.5. The maximum Gasteiger partial charge on any atom is 0.115 e. The van der Waals surface area contributed by atoms with Crippen LogP contribution in [0.2, 0.25) is 0 Å². The molecule has 0 saturated heterocycles. The van der Waals surface area contributed by atoms with Crippen molar-refractivity contribution in [2.75, 3.05) is 0 Å². The molecule has 0 aromatic carbocycles. The molecule has 0 radical (unpaired) electrons. The summed E-state index contributed by atoms with van der Waals surface area (Å²) in [6.45, 7) is 2.18. The minimum absolute atomic E-state index is 0.252. The van der Waals surface area contributed by atoms with Gasteiger partial charge in [0.25, 0.3) is 0 Å². The van der Waals surface area contributed by atoms with Crippen LogP contribution in [0.1, 0.15) is 56.0 Å². The predicted octanol–water partition coefficient (Wildman–Crippen LogP) is 2.42. The van der Waals surface area contributed by atoms with Crippen molar-refractivity contribution in [1.82, 2.24) is 9.97 Å². The van der Waals surface area contributed by atoms with Crippen LogP contribution < -0.4 is 5.73 Å². The van der Waals surface area contributed by atoms with Gasteiger partial charge in [-0.05, 0) is 37.7 Å². The first-order valence-corrected chi connectivity index (χ1v) is 6.88. The van der Waals surface area contributed by atoms with E-state index in [0.29, 0.717) is 0 Å². The summed E-state index contributed by atoms with van der Waals surface area (Å²) in [5.41, 5.74) is 10.0. The standard InChI is InChI=1S/C14H23N3/c1-2-6-11(15)9-14-12-7-4-3-5-8-13(12)16-10-17-14/h10-11H,2-9,15H2,1H3. The average molecular weight is 233 g/mol. The molecule has 1 aromatic heterocycles. The Balaban J connectivity index is 2.16. The summed E-state index contributed by atoms with van der Waals surface area (Å²) in [6.07, 6.45) is 11.0. The number of hydrogen-bond donors (Lipinski definition) is 1. The van der Waals surface area contributed by atoms with Gasteiger partial charge in [0.05, 0.1) is 0 Å². The number of rotatable bonds is 4. The molecule has 0 bridgehead atoms. The molecule has 1 unspecified atom stereocenters. The van der Waals surface area contributed by atoms with Gasteiger partial charge in [0, 0.05) is 23.9 Å². The van der Waals surface area contributed by atoms with Crippen LogP contribution >= 0.6 is 0 Å². The number of nitrogens with zero attached hydrogens (tertiary/aromatic N) is 2. The van der Waals surface area contributed by atoms with Gasteiger partial charge in [-0.2, -0.15) is 0 Å². The first-order valence-electron chi connectivity index (χ1n) is 6.88. The minimum Gasteiger partial charge on any atom is -0.327 e. The second-order valence-corrected chi connectivity index (χ2v) is 5.06. The van der Waals surface area contributed by atoms with Crippen LogP contribution in [0.25, 0.3) is 0 Å². The second kappa shape index (κ2) is 6.10. The van der Waals surface area contributed by atoms with Crippen LogP contribution in [-0.2, 0) is 19.3 Å². The highest BCUT2D eigenvalue weighted by Crippen LogP contribution is 2.21. The molecule has 0 saturated carbocycles. The van der Waals surface area contributed by atoms with E-state index in [4.69, 9.17) is 5.73 Å². The Morgan fingerprint density at radius 3 is 2.88 bits per heavy atom. The van der Waals surface area contributed by atoms with E-state index in [1.165, 1.54) is 36.2 Å². The maximum atomic E-state index is 6.13. The summed E-state index contributed by atoms with van der Waals surface area (Å²) in [5, 5.41) is 0. The molecule has 3 heteroatoms. The summed E-state index contributed by atoms with van der Waals surface area (Å²) in [6, 6.07) is 0.252. The molecular formula is C14H23N3. The molecule has 1 atom stereocenters. The van der Waals surface area contributed by atoms with Gasteiger partial charge >= 0.3 is 0 Å². The van der Waals surface area contributed by atoms with Crippen LogP contribution in [0.3, 0.4) is 0 Å². The SMILES string of the molecule is CCCC(N)Cc1ncnc2c1CCCCC2. The third-order valence-electron chi connectivity index (χ3n) is 3.58. The highest BCUT2D eigenvalue weighted by molar-refractivity contribution is 5.26. The van der Waals surface area contributed by atoms with Crippen molar-refractivity contribution in [3.63, 3.8) is 0 Å². The molecule has 17 heavy (non-hydrogen) atoms. The van der Waals surface area contributed by atoms with Crippen LogP contribution in [0.5, 0.6) is 0 Å². The number of aryl methyl sites for hydroxylation is 1. The van der Waals surface area contributed by atoms with E-state index in [0.717, 1.165) is 32.1 Å². The van der Waals surface area contributed by atoms with Crippen molar-refractivity contribution in [3.8, 4) is 0 Å². The molecule has 1 aliphatic rings. The lowest BCUT2D eigenvalue weighted by Gasteiger charge is -2.14. The Morgan fingerprint density at radius 2 is 2.06 bits per heavy atom. The lowest BCUT2D eigenvalue weighted by atomic mass is 10.00. The third kappa shape index (κ3) is 3.25. The molecule has 1 aliphatic carbocycles. The van der Waals surface area contributed by atoms with Gasteiger partial charge in [-0.25, -0.2) is 9.97 Å². The van der Waals surface area contributed by atoms with Gasteiger partial charge in [-0.3, -0.25) is 0 Å². The number of hydrogen-bond acceptors (Lipinski definition) is 3. The summed E-state index contributed by atoms with van der Waals surface area (Å²) in [5.74, 6) is 0. The van der Waals surface area contributed by atoms with Gasteiger partial charge in [0.15, 0.2) is 0 Å². The Bertz CT molecular complexity index is 362. The van der Waals surface area contributed by atoms with E-state index in [1.807, 2.05) is 0 Å². The zero-order valence-corrected chi connectivity index (χ0v) is 10.8. The van der Waals surface area contributed by atoms with Crippen LogP contribution in [0.15, 0.2) is 6.33 Å². The van der Waals surface area contributed by atoms with Crippen molar-refractivity contribution in [2.45, 2.75) is 64.3 Å². The largest absolute Gasteiger partial charge is 0.327 e. The Hall–Kier alpha value is -0.960. The van der Waals surface area contributed by atoms with Gasteiger partial charge in [-0.15, -0.1) is 0 Å². The van der Waals surface area contributed by atoms with Crippen molar-refractivity contribution in [1.29, 1.82) is 0 Å². The molecular weight excluding hydrogens is 210 g/mol. The number of nitrogens with two attached hydrogens (primary N) is 1. The lowest BCUT2D eigenvalue weighted by molar-refractivity contribution is 0.588. The quantitative estimate of drug-likeness (QED) is 0.813. The number of fused-ring (bicyclic) bond motifs is 1. The lowest BCUT2D eigenvalue weighted by Crippen LogP contribution is -2.24. The van der Waals surface area contributed by atoms with E-state index in [1.54, 1.807) is 6.33 Å². The van der Waals surface area contributed by atoms with E-state index in [-0.39, 0.29) is 6.04 Å². The summed E-state index contributed by atoms with van der Waals surface area (Å²) < 4.78 is 0. The van der Waals surface area contributed by atoms with Crippen molar-refractivity contribution < 1.29 is 0 Å². The Labute approximate surface area is 104 Å². The van der Waals surface area contributed by atoms with Gasteiger partial charge < -0.3 is 5.73 Å². The first-order chi connectivity index (χ1) is 8.31. The zero-order valence-electron chi connectivity index (χ0n) is 10.8. The summed E-state index contributed by atoms with van der Waals surface area (Å²) in [4.78, 5) is 8.91. The van der Waals surface area contributed by atoms with E-state index in [9.17, 15) is 0 Å². The molecule has 0 fully saturated rings. The molecule has 94 valence electrons. The summed E-state index contributed by atoms with van der Waals surface area (Å²) in [7, 11) is 0. The third-order valence-corrected chi connectivity index (χ3v) is 3.58. The zero-order chi connectivity index (χ0) is 12.1.